The van der Waals surface area contributed by atoms with Gasteiger partial charge in [-0.1, -0.05) is 39.8 Å². The summed E-state index contributed by atoms with van der Waals surface area (Å²) in [6.45, 7) is 8.72. The van der Waals surface area contributed by atoms with Gasteiger partial charge >= 0.3 is 5.97 Å². The number of benzene rings is 1. The predicted molar refractivity (Wildman–Crippen MR) is 95.5 cm³/mol. The highest BCUT2D eigenvalue weighted by molar-refractivity contribution is 7.59. The number of esters is 1. The molecule has 1 aromatic rings. The first-order valence-corrected chi connectivity index (χ1v) is 9.54. The number of aryl methyl sites for hydroxylation is 1. The second-order valence-corrected chi connectivity index (χ2v) is 8.97. The monoisotopic (exact) mass is 334 g/mol. The highest BCUT2D eigenvalue weighted by Gasteiger charge is 2.26. The van der Waals surface area contributed by atoms with Gasteiger partial charge in [-0.15, -0.1) is 0 Å². The van der Waals surface area contributed by atoms with Crippen LogP contribution in [0, 0.1) is 11.8 Å². The van der Waals surface area contributed by atoms with Crippen LogP contribution in [0.2, 0.25) is 0 Å². The van der Waals surface area contributed by atoms with E-state index in [0.717, 1.165) is 24.8 Å². The number of hydrogen-bond donors (Lipinski definition) is 0. The number of ether oxygens (including phenoxy) is 1. The molecule has 2 atom stereocenters. The molecular formula is C19H27O3P. The van der Waals surface area contributed by atoms with Crippen LogP contribution in [-0.4, -0.2) is 23.8 Å². The molecule has 0 fully saturated rings. The van der Waals surface area contributed by atoms with Gasteiger partial charge in [0.2, 0.25) is 0 Å². The highest BCUT2D eigenvalue weighted by atomic mass is 31.1. The molecule has 2 unspecified atom stereocenters. The van der Waals surface area contributed by atoms with Crippen LogP contribution in [0.3, 0.4) is 0 Å². The quantitative estimate of drug-likeness (QED) is 0.578. The topological polar surface area (TPSA) is 43.4 Å². The Labute approximate surface area is 141 Å². The lowest BCUT2D eigenvalue weighted by Crippen LogP contribution is -2.26. The van der Waals surface area contributed by atoms with E-state index in [1.807, 2.05) is 32.0 Å². The van der Waals surface area contributed by atoms with Crippen LogP contribution in [0.1, 0.15) is 55.6 Å². The first-order valence-electron chi connectivity index (χ1n) is 8.46. The van der Waals surface area contributed by atoms with Crippen molar-refractivity contribution in [3.63, 3.8) is 0 Å². The van der Waals surface area contributed by atoms with E-state index < -0.39 is 0 Å². The van der Waals surface area contributed by atoms with Gasteiger partial charge in [-0.3, -0.25) is 9.59 Å². The van der Waals surface area contributed by atoms with Gasteiger partial charge in [-0.25, -0.2) is 0 Å². The van der Waals surface area contributed by atoms with Crippen molar-refractivity contribution in [1.29, 1.82) is 0 Å². The Balaban J connectivity index is 2.02. The zero-order valence-corrected chi connectivity index (χ0v) is 15.5. The Morgan fingerprint density at radius 1 is 1.22 bits per heavy atom. The summed E-state index contributed by atoms with van der Waals surface area (Å²) in [5.74, 6) is 0.247. The van der Waals surface area contributed by atoms with Crippen molar-refractivity contribution in [2.24, 2.45) is 11.8 Å². The Kier molecular flexibility index (Phi) is 6.35. The zero-order valence-electron chi connectivity index (χ0n) is 14.5. The van der Waals surface area contributed by atoms with E-state index in [1.54, 1.807) is 0 Å². The molecule has 0 aromatic heterocycles. The molecule has 0 aliphatic heterocycles. The summed E-state index contributed by atoms with van der Waals surface area (Å²) in [4.78, 5) is 24.3. The maximum atomic E-state index is 12.2. The van der Waals surface area contributed by atoms with Crippen molar-refractivity contribution in [3.05, 3.63) is 34.9 Å². The van der Waals surface area contributed by atoms with Gasteiger partial charge < -0.3 is 4.74 Å². The van der Waals surface area contributed by atoms with Crippen molar-refractivity contribution in [2.45, 2.75) is 52.6 Å². The third kappa shape index (κ3) is 5.14. The summed E-state index contributed by atoms with van der Waals surface area (Å²) in [7, 11) is 0.328. The summed E-state index contributed by atoms with van der Waals surface area (Å²) < 4.78 is 5.37. The SMILES string of the molecule is CC(C)COC(=O)C1CCc2cc(C(=O)PC(C)C)ccc2C1. The van der Waals surface area contributed by atoms with Gasteiger partial charge in [0, 0.05) is 5.56 Å². The summed E-state index contributed by atoms with van der Waals surface area (Å²) in [6, 6.07) is 5.97. The summed E-state index contributed by atoms with van der Waals surface area (Å²) in [5, 5.41) is 0. The largest absolute Gasteiger partial charge is 0.465 e. The van der Waals surface area contributed by atoms with Crippen LogP contribution in [-0.2, 0) is 22.4 Å². The number of rotatable bonds is 6. The molecule has 0 saturated heterocycles. The maximum Gasteiger partial charge on any atom is 0.309 e. The Hall–Kier alpha value is -1.21. The fraction of sp³-hybridized carbons (Fsp3) is 0.579. The van der Waals surface area contributed by atoms with Crippen LogP contribution in [0.25, 0.3) is 0 Å². The maximum absolute atomic E-state index is 12.2. The fourth-order valence-corrected chi connectivity index (χ4v) is 3.66. The van der Waals surface area contributed by atoms with E-state index in [2.05, 4.69) is 13.8 Å². The number of fused-ring (bicyclic) bond motifs is 1. The van der Waals surface area contributed by atoms with E-state index in [9.17, 15) is 9.59 Å². The summed E-state index contributed by atoms with van der Waals surface area (Å²) in [5.41, 5.74) is 3.86. The molecule has 2 rings (SSSR count). The molecule has 1 aromatic carbocycles. The average molecular weight is 334 g/mol. The third-order valence-corrected chi connectivity index (χ3v) is 5.14. The lowest BCUT2D eigenvalue weighted by Gasteiger charge is -2.24. The van der Waals surface area contributed by atoms with Crippen molar-refractivity contribution in [1.82, 2.24) is 0 Å². The molecule has 0 bridgehead atoms. The Bertz CT molecular complexity index is 578. The highest BCUT2D eigenvalue weighted by Crippen LogP contribution is 2.30. The molecule has 0 spiro atoms. The predicted octanol–water partition coefficient (Wildman–Crippen LogP) is 4.22. The number of carbonyl (C=O) groups is 2. The fourth-order valence-electron chi connectivity index (χ4n) is 2.81. The lowest BCUT2D eigenvalue weighted by atomic mass is 9.83. The summed E-state index contributed by atoms with van der Waals surface area (Å²) >= 11 is 0. The molecule has 3 nitrogen and oxygen atoms in total. The van der Waals surface area contributed by atoms with E-state index in [4.69, 9.17) is 4.74 Å². The molecule has 1 aliphatic rings. The van der Waals surface area contributed by atoms with Crippen LogP contribution >= 0.6 is 8.58 Å². The van der Waals surface area contributed by atoms with Gasteiger partial charge in [-0.2, -0.15) is 0 Å². The average Bonchev–Trinajstić information content (AvgIpc) is 2.50. The first kappa shape index (κ1) is 18.1. The molecule has 126 valence electrons. The van der Waals surface area contributed by atoms with E-state index in [-0.39, 0.29) is 17.4 Å². The van der Waals surface area contributed by atoms with Gasteiger partial charge in [0.1, 0.15) is 0 Å². The normalized spacial score (nSPS) is 17.7. The van der Waals surface area contributed by atoms with Gasteiger partial charge in [0.15, 0.2) is 5.52 Å². The van der Waals surface area contributed by atoms with E-state index in [1.165, 1.54) is 11.1 Å². The van der Waals surface area contributed by atoms with Gasteiger partial charge in [0.25, 0.3) is 0 Å². The molecule has 0 saturated carbocycles. The number of hydrogen-bond acceptors (Lipinski definition) is 3. The standard InChI is InChI=1S/C19H27O3P/c1-12(2)11-22-18(20)16-7-5-15-10-17(8-6-14(15)9-16)19(21)23-13(3)4/h6,8,10,12-13,16,23H,5,7,9,11H2,1-4H3. The van der Waals surface area contributed by atoms with Gasteiger partial charge in [0.05, 0.1) is 12.5 Å². The minimum absolute atomic E-state index is 0.0414. The van der Waals surface area contributed by atoms with Crippen molar-refractivity contribution in [3.8, 4) is 0 Å². The lowest BCUT2D eigenvalue weighted by molar-refractivity contribution is -0.150. The molecule has 4 heteroatoms. The van der Waals surface area contributed by atoms with Crippen LogP contribution in [0.15, 0.2) is 18.2 Å². The van der Waals surface area contributed by atoms with Gasteiger partial charge in [-0.05, 0) is 56.6 Å². The summed E-state index contributed by atoms with van der Waals surface area (Å²) in [6.07, 6.45) is 2.39. The smallest absolute Gasteiger partial charge is 0.309 e. The molecular weight excluding hydrogens is 307 g/mol. The minimum Gasteiger partial charge on any atom is -0.465 e. The molecule has 23 heavy (non-hydrogen) atoms. The van der Waals surface area contributed by atoms with Crippen molar-refractivity contribution < 1.29 is 14.3 Å². The van der Waals surface area contributed by atoms with Crippen LogP contribution < -0.4 is 0 Å². The van der Waals surface area contributed by atoms with Crippen LogP contribution in [0.5, 0.6) is 0 Å². The Morgan fingerprint density at radius 2 is 1.96 bits per heavy atom. The zero-order chi connectivity index (χ0) is 17.0. The second-order valence-electron chi connectivity index (χ2n) is 7.08. The molecule has 0 heterocycles. The molecule has 1 aliphatic carbocycles. The minimum atomic E-state index is -0.0780. The number of carbonyl (C=O) groups excluding carboxylic acids is 2. The Morgan fingerprint density at radius 3 is 2.61 bits per heavy atom. The van der Waals surface area contributed by atoms with E-state index >= 15 is 0 Å². The van der Waals surface area contributed by atoms with Crippen molar-refractivity contribution in [2.75, 3.05) is 6.61 Å². The van der Waals surface area contributed by atoms with Crippen molar-refractivity contribution >= 4 is 20.1 Å². The third-order valence-electron chi connectivity index (χ3n) is 4.01. The molecule has 0 radical (unpaired) electrons. The molecule has 0 N–H and O–H groups in total. The second kappa shape index (κ2) is 8.06. The molecule has 0 amide bonds. The van der Waals surface area contributed by atoms with E-state index in [0.29, 0.717) is 26.8 Å². The first-order chi connectivity index (χ1) is 10.9. The van der Waals surface area contributed by atoms with Crippen LogP contribution in [0.4, 0.5) is 0 Å².